The molecule has 0 atom stereocenters. The highest BCUT2D eigenvalue weighted by atomic mass is 79.9. The van der Waals surface area contributed by atoms with Gasteiger partial charge < -0.3 is 0 Å². The maximum Gasteiger partial charge on any atom is 0.145 e. The van der Waals surface area contributed by atoms with Gasteiger partial charge in [0, 0.05) is 5.39 Å². The van der Waals surface area contributed by atoms with Crippen LogP contribution in [0.15, 0.2) is 16.6 Å². The number of alkyl halides is 1. The van der Waals surface area contributed by atoms with E-state index in [1.165, 1.54) is 0 Å². The largest absolute Gasteiger partial charge is 0.230 e. The van der Waals surface area contributed by atoms with Crippen LogP contribution < -0.4 is 0 Å². The molecule has 0 radical (unpaired) electrons. The minimum Gasteiger partial charge on any atom is -0.230 e. The van der Waals surface area contributed by atoms with Gasteiger partial charge in [-0.1, -0.05) is 23.2 Å². The molecule has 0 saturated carbocycles. The van der Waals surface area contributed by atoms with Gasteiger partial charge in [-0.15, -0.1) is 11.6 Å². The maximum atomic E-state index is 5.99. The third-order valence-corrected chi connectivity index (χ3v) is 3.75. The second kappa shape index (κ2) is 4.42. The topological polar surface area (TPSA) is 25.8 Å². The number of rotatable bonds is 1. The molecule has 0 aliphatic heterocycles. The lowest BCUT2D eigenvalue weighted by Crippen LogP contribution is -1.94. The number of hydrogen-bond donors (Lipinski definition) is 0. The van der Waals surface area contributed by atoms with Gasteiger partial charge in [-0.2, -0.15) is 0 Å². The first-order chi connectivity index (χ1) is 7.13. The van der Waals surface area contributed by atoms with Crippen molar-refractivity contribution in [1.82, 2.24) is 9.97 Å². The summed E-state index contributed by atoms with van der Waals surface area (Å²) in [5.74, 6) is 0.700. The fourth-order valence-corrected chi connectivity index (χ4v) is 2.16. The van der Waals surface area contributed by atoms with Gasteiger partial charge in [0.15, 0.2) is 0 Å². The fourth-order valence-electron chi connectivity index (χ4n) is 1.20. The standard InChI is InChI=1S/C9H4BrCl3N2/c10-7-5(12)2-1-4-8(7)14-6(3-11)15-9(4)13/h1-2H,3H2. The summed E-state index contributed by atoms with van der Waals surface area (Å²) in [6.07, 6.45) is 0. The summed E-state index contributed by atoms with van der Waals surface area (Å²) in [6.45, 7) is 0. The molecule has 2 nitrogen and oxygen atoms in total. The van der Waals surface area contributed by atoms with Crippen molar-refractivity contribution in [3.8, 4) is 0 Å². The predicted octanol–water partition coefficient (Wildman–Crippen LogP) is 4.44. The molecule has 0 fully saturated rings. The van der Waals surface area contributed by atoms with E-state index in [4.69, 9.17) is 34.8 Å². The molecule has 15 heavy (non-hydrogen) atoms. The first-order valence-electron chi connectivity index (χ1n) is 3.99. The highest BCUT2D eigenvalue weighted by Gasteiger charge is 2.10. The molecular weight excluding hydrogens is 322 g/mol. The van der Waals surface area contributed by atoms with Gasteiger partial charge >= 0.3 is 0 Å². The monoisotopic (exact) mass is 324 g/mol. The number of benzene rings is 1. The summed E-state index contributed by atoms with van der Waals surface area (Å²) in [4.78, 5) is 8.31. The summed E-state index contributed by atoms with van der Waals surface area (Å²) in [5.41, 5.74) is 0.679. The van der Waals surface area contributed by atoms with Gasteiger partial charge in [-0.05, 0) is 28.1 Å². The first kappa shape index (κ1) is 11.4. The van der Waals surface area contributed by atoms with E-state index in [0.29, 0.717) is 26.0 Å². The van der Waals surface area contributed by atoms with Crippen LogP contribution in [-0.2, 0) is 5.88 Å². The molecule has 0 spiro atoms. The summed E-state index contributed by atoms with van der Waals surface area (Å²) < 4.78 is 0.706. The molecule has 2 aromatic rings. The number of aromatic nitrogens is 2. The van der Waals surface area contributed by atoms with E-state index in [1.807, 2.05) is 0 Å². The van der Waals surface area contributed by atoms with E-state index >= 15 is 0 Å². The molecular formula is C9H4BrCl3N2. The van der Waals surface area contributed by atoms with Crippen LogP contribution in [0.4, 0.5) is 0 Å². The quantitative estimate of drug-likeness (QED) is 0.572. The normalized spacial score (nSPS) is 10.9. The van der Waals surface area contributed by atoms with Gasteiger partial charge in [0.2, 0.25) is 0 Å². The molecule has 1 aromatic carbocycles. The Morgan fingerprint density at radius 2 is 1.93 bits per heavy atom. The molecule has 1 aromatic heterocycles. The molecule has 0 bridgehead atoms. The Hall–Kier alpha value is -0.0900. The van der Waals surface area contributed by atoms with Crippen LogP contribution in [-0.4, -0.2) is 9.97 Å². The smallest absolute Gasteiger partial charge is 0.145 e. The van der Waals surface area contributed by atoms with Crippen LogP contribution in [0.5, 0.6) is 0 Å². The van der Waals surface area contributed by atoms with Gasteiger partial charge in [-0.3, -0.25) is 0 Å². The minimum absolute atomic E-state index is 0.217. The lowest BCUT2D eigenvalue weighted by molar-refractivity contribution is 1.06. The predicted molar refractivity (Wildman–Crippen MR) is 66.8 cm³/mol. The van der Waals surface area contributed by atoms with Crippen molar-refractivity contribution in [3.63, 3.8) is 0 Å². The maximum absolute atomic E-state index is 5.99. The second-order valence-corrected chi connectivity index (χ2v) is 4.65. The second-order valence-electron chi connectivity index (χ2n) is 2.82. The van der Waals surface area contributed by atoms with Gasteiger partial charge in [0.1, 0.15) is 11.0 Å². The Labute approximate surface area is 110 Å². The van der Waals surface area contributed by atoms with Crippen molar-refractivity contribution in [1.29, 1.82) is 0 Å². The molecule has 0 N–H and O–H groups in total. The van der Waals surface area contributed by atoms with Crippen LogP contribution in [0.1, 0.15) is 5.82 Å². The van der Waals surface area contributed by atoms with Crippen molar-refractivity contribution >= 4 is 61.6 Å². The Bertz CT molecular complexity index is 530. The van der Waals surface area contributed by atoms with Crippen molar-refractivity contribution in [2.75, 3.05) is 0 Å². The zero-order valence-corrected chi connectivity index (χ0v) is 11.1. The minimum atomic E-state index is 0.217. The third-order valence-electron chi connectivity index (χ3n) is 1.88. The molecule has 0 aliphatic rings. The highest BCUT2D eigenvalue weighted by Crippen LogP contribution is 2.32. The zero-order valence-electron chi connectivity index (χ0n) is 7.27. The number of hydrogen-bond acceptors (Lipinski definition) is 2. The Kier molecular flexibility index (Phi) is 3.36. The zero-order chi connectivity index (χ0) is 11.0. The Morgan fingerprint density at radius 3 is 2.60 bits per heavy atom. The number of fused-ring (bicyclic) bond motifs is 1. The lowest BCUT2D eigenvalue weighted by Gasteiger charge is -2.05. The molecule has 6 heteroatoms. The summed E-state index contributed by atoms with van der Waals surface area (Å²) in [5, 5.41) is 1.72. The first-order valence-corrected chi connectivity index (χ1v) is 6.08. The van der Waals surface area contributed by atoms with Crippen LogP contribution in [0, 0.1) is 0 Å². The average molecular weight is 326 g/mol. The van der Waals surface area contributed by atoms with Crippen LogP contribution in [0.3, 0.4) is 0 Å². The summed E-state index contributed by atoms with van der Waals surface area (Å²) in [7, 11) is 0. The van der Waals surface area contributed by atoms with Crippen LogP contribution >= 0.6 is 50.7 Å². The van der Waals surface area contributed by atoms with E-state index in [2.05, 4.69) is 25.9 Å². The van der Waals surface area contributed by atoms with Crippen molar-refractivity contribution in [3.05, 3.63) is 32.6 Å². The lowest BCUT2D eigenvalue weighted by atomic mass is 10.2. The Morgan fingerprint density at radius 1 is 1.20 bits per heavy atom. The van der Waals surface area contributed by atoms with E-state index in [0.717, 1.165) is 5.39 Å². The Balaban J connectivity index is 2.86. The van der Waals surface area contributed by atoms with Crippen LogP contribution in [0.2, 0.25) is 10.2 Å². The SMILES string of the molecule is ClCc1nc(Cl)c2ccc(Cl)c(Br)c2n1. The summed E-state index contributed by atoms with van der Waals surface area (Å²) >= 11 is 21.0. The molecule has 78 valence electrons. The van der Waals surface area contributed by atoms with Gasteiger partial charge in [0.05, 0.1) is 20.9 Å². The molecule has 0 unspecified atom stereocenters. The molecule has 0 saturated heterocycles. The number of nitrogens with zero attached hydrogens (tertiary/aromatic N) is 2. The average Bonchev–Trinajstić information content (AvgIpc) is 2.23. The highest BCUT2D eigenvalue weighted by molar-refractivity contribution is 9.10. The third kappa shape index (κ3) is 2.07. The van der Waals surface area contributed by atoms with Gasteiger partial charge in [0.25, 0.3) is 0 Å². The fraction of sp³-hybridized carbons (Fsp3) is 0.111. The van der Waals surface area contributed by atoms with Gasteiger partial charge in [-0.25, -0.2) is 9.97 Å². The van der Waals surface area contributed by atoms with E-state index in [1.54, 1.807) is 12.1 Å². The van der Waals surface area contributed by atoms with Crippen molar-refractivity contribution < 1.29 is 0 Å². The number of halogens is 4. The van der Waals surface area contributed by atoms with E-state index in [-0.39, 0.29) is 5.88 Å². The van der Waals surface area contributed by atoms with Crippen LogP contribution in [0.25, 0.3) is 10.9 Å². The van der Waals surface area contributed by atoms with Crippen molar-refractivity contribution in [2.24, 2.45) is 0 Å². The van der Waals surface area contributed by atoms with E-state index in [9.17, 15) is 0 Å². The van der Waals surface area contributed by atoms with E-state index < -0.39 is 0 Å². The van der Waals surface area contributed by atoms with Crippen molar-refractivity contribution in [2.45, 2.75) is 5.88 Å². The molecule has 0 amide bonds. The molecule has 0 aliphatic carbocycles. The summed E-state index contributed by atoms with van der Waals surface area (Å²) in [6, 6.07) is 3.52. The molecule has 2 rings (SSSR count). The molecule has 1 heterocycles.